The van der Waals surface area contributed by atoms with Crippen molar-refractivity contribution in [1.82, 2.24) is 10.2 Å². The first kappa shape index (κ1) is 17.5. The number of hydrogen-bond acceptors (Lipinski definition) is 3. The Labute approximate surface area is 138 Å². The summed E-state index contributed by atoms with van der Waals surface area (Å²) in [5, 5.41) is 5.99. The minimum Gasteiger partial charge on any atom is -0.339 e. The van der Waals surface area contributed by atoms with Crippen LogP contribution in [0.25, 0.3) is 0 Å². The average Bonchev–Trinajstić information content (AvgIpc) is 2.60. The Morgan fingerprint density at radius 2 is 1.78 bits per heavy atom. The molecule has 2 amide bonds. The van der Waals surface area contributed by atoms with E-state index in [9.17, 15) is 9.59 Å². The van der Waals surface area contributed by atoms with Crippen LogP contribution >= 0.6 is 0 Å². The van der Waals surface area contributed by atoms with Crippen LogP contribution in [0.15, 0.2) is 24.3 Å². The van der Waals surface area contributed by atoms with Crippen LogP contribution in [-0.2, 0) is 4.79 Å². The molecule has 23 heavy (non-hydrogen) atoms. The van der Waals surface area contributed by atoms with Crippen LogP contribution in [0, 0.1) is 0 Å². The summed E-state index contributed by atoms with van der Waals surface area (Å²) in [6.45, 7) is 6.11. The van der Waals surface area contributed by atoms with Gasteiger partial charge in [0.25, 0.3) is 5.91 Å². The van der Waals surface area contributed by atoms with Crippen LogP contribution < -0.4 is 10.6 Å². The monoisotopic (exact) mass is 317 g/mol. The SMILES string of the molecule is CCC(C)NCC(=O)Nc1ccc(C(=O)N2CCCCC2)cc1. The zero-order chi connectivity index (χ0) is 16.7. The van der Waals surface area contributed by atoms with Crippen LogP contribution in [0.5, 0.6) is 0 Å². The quantitative estimate of drug-likeness (QED) is 0.848. The van der Waals surface area contributed by atoms with Gasteiger partial charge in [-0.15, -0.1) is 0 Å². The Hall–Kier alpha value is -1.88. The fourth-order valence-corrected chi connectivity index (χ4v) is 2.59. The molecule has 1 fully saturated rings. The van der Waals surface area contributed by atoms with Crippen LogP contribution in [0.4, 0.5) is 5.69 Å². The normalized spacial score (nSPS) is 16.0. The maximum atomic E-state index is 12.4. The third-order valence-corrected chi connectivity index (χ3v) is 4.28. The topological polar surface area (TPSA) is 61.4 Å². The van der Waals surface area contributed by atoms with E-state index in [2.05, 4.69) is 17.6 Å². The summed E-state index contributed by atoms with van der Waals surface area (Å²) >= 11 is 0. The van der Waals surface area contributed by atoms with Gasteiger partial charge in [0.1, 0.15) is 0 Å². The van der Waals surface area contributed by atoms with Crippen molar-refractivity contribution in [2.45, 2.75) is 45.6 Å². The van der Waals surface area contributed by atoms with Gasteiger partial charge >= 0.3 is 0 Å². The Bertz CT molecular complexity index is 522. The molecule has 1 heterocycles. The Kier molecular flexibility index (Phi) is 6.59. The number of likely N-dealkylation sites (tertiary alicyclic amines) is 1. The number of anilines is 1. The van der Waals surface area contributed by atoms with Crippen molar-refractivity contribution in [3.63, 3.8) is 0 Å². The highest BCUT2D eigenvalue weighted by Gasteiger charge is 2.17. The molecule has 1 saturated heterocycles. The number of piperidine rings is 1. The van der Waals surface area contributed by atoms with Gasteiger partial charge < -0.3 is 15.5 Å². The second-order valence-corrected chi connectivity index (χ2v) is 6.17. The summed E-state index contributed by atoms with van der Waals surface area (Å²) < 4.78 is 0. The fraction of sp³-hybridized carbons (Fsp3) is 0.556. The molecule has 0 aromatic heterocycles. The molecule has 5 nitrogen and oxygen atoms in total. The highest BCUT2D eigenvalue weighted by Crippen LogP contribution is 2.15. The number of hydrogen-bond donors (Lipinski definition) is 2. The molecular formula is C18H27N3O2. The van der Waals surface area contributed by atoms with Gasteiger partial charge in [-0.25, -0.2) is 0 Å². The molecule has 126 valence electrons. The molecular weight excluding hydrogens is 290 g/mol. The molecule has 1 atom stereocenters. The van der Waals surface area contributed by atoms with Crippen molar-refractivity contribution >= 4 is 17.5 Å². The van der Waals surface area contributed by atoms with Gasteiger partial charge in [-0.1, -0.05) is 6.92 Å². The summed E-state index contributed by atoms with van der Waals surface area (Å²) in [7, 11) is 0. The molecule has 1 aromatic rings. The lowest BCUT2D eigenvalue weighted by molar-refractivity contribution is -0.115. The van der Waals surface area contributed by atoms with E-state index in [0.29, 0.717) is 18.2 Å². The number of amides is 2. The number of carbonyl (C=O) groups excluding carboxylic acids is 2. The van der Waals surface area contributed by atoms with Crippen LogP contribution in [-0.4, -0.2) is 42.4 Å². The third-order valence-electron chi connectivity index (χ3n) is 4.28. The summed E-state index contributed by atoms with van der Waals surface area (Å²) in [6.07, 6.45) is 4.37. The second kappa shape index (κ2) is 8.67. The van der Waals surface area contributed by atoms with E-state index in [0.717, 1.165) is 38.0 Å². The highest BCUT2D eigenvalue weighted by molar-refractivity contribution is 5.96. The van der Waals surface area contributed by atoms with E-state index < -0.39 is 0 Å². The Morgan fingerprint density at radius 1 is 1.13 bits per heavy atom. The van der Waals surface area contributed by atoms with Crippen molar-refractivity contribution in [2.24, 2.45) is 0 Å². The molecule has 1 unspecified atom stereocenters. The first-order chi connectivity index (χ1) is 11.1. The van der Waals surface area contributed by atoms with E-state index in [-0.39, 0.29) is 11.8 Å². The maximum Gasteiger partial charge on any atom is 0.253 e. The van der Waals surface area contributed by atoms with Gasteiger partial charge in [0.2, 0.25) is 5.91 Å². The van der Waals surface area contributed by atoms with Crippen LogP contribution in [0.2, 0.25) is 0 Å². The van der Waals surface area contributed by atoms with Crippen LogP contribution in [0.1, 0.15) is 49.9 Å². The molecule has 1 aliphatic rings. The lowest BCUT2D eigenvalue weighted by atomic mass is 10.1. The zero-order valence-corrected chi connectivity index (χ0v) is 14.1. The number of carbonyl (C=O) groups is 2. The molecule has 0 radical (unpaired) electrons. The molecule has 1 aromatic carbocycles. The number of nitrogens with one attached hydrogen (secondary N) is 2. The van der Waals surface area contributed by atoms with Gasteiger partial charge in [-0.3, -0.25) is 9.59 Å². The largest absolute Gasteiger partial charge is 0.339 e. The minimum atomic E-state index is -0.0691. The minimum absolute atomic E-state index is 0.0691. The smallest absolute Gasteiger partial charge is 0.253 e. The molecule has 0 saturated carbocycles. The van der Waals surface area contributed by atoms with Crippen molar-refractivity contribution in [3.05, 3.63) is 29.8 Å². The second-order valence-electron chi connectivity index (χ2n) is 6.17. The lowest BCUT2D eigenvalue weighted by Crippen LogP contribution is -2.35. The molecule has 2 N–H and O–H groups in total. The van der Waals surface area contributed by atoms with Crippen molar-refractivity contribution < 1.29 is 9.59 Å². The predicted octanol–water partition coefficient (Wildman–Crippen LogP) is 2.64. The third kappa shape index (κ3) is 5.36. The lowest BCUT2D eigenvalue weighted by Gasteiger charge is -2.26. The van der Waals surface area contributed by atoms with Crippen molar-refractivity contribution in [3.8, 4) is 0 Å². The molecule has 0 spiro atoms. The molecule has 0 aliphatic carbocycles. The van der Waals surface area contributed by atoms with Gasteiger partial charge in [-0.05, 0) is 56.9 Å². The van der Waals surface area contributed by atoms with Gasteiger partial charge in [0.15, 0.2) is 0 Å². The van der Waals surface area contributed by atoms with E-state index in [1.807, 2.05) is 11.8 Å². The number of rotatable bonds is 6. The molecule has 1 aliphatic heterocycles. The van der Waals surface area contributed by atoms with E-state index in [4.69, 9.17) is 0 Å². The van der Waals surface area contributed by atoms with Gasteiger partial charge in [0.05, 0.1) is 6.54 Å². The number of benzene rings is 1. The highest BCUT2D eigenvalue weighted by atomic mass is 16.2. The summed E-state index contributed by atoms with van der Waals surface area (Å²) in [4.78, 5) is 26.1. The van der Waals surface area contributed by atoms with E-state index in [1.165, 1.54) is 6.42 Å². The first-order valence-electron chi connectivity index (χ1n) is 8.52. The summed E-state index contributed by atoms with van der Waals surface area (Å²) in [6, 6.07) is 7.48. The Morgan fingerprint density at radius 3 is 2.39 bits per heavy atom. The molecule has 0 bridgehead atoms. The van der Waals surface area contributed by atoms with Gasteiger partial charge in [-0.2, -0.15) is 0 Å². The first-order valence-corrected chi connectivity index (χ1v) is 8.52. The average molecular weight is 317 g/mol. The zero-order valence-electron chi connectivity index (χ0n) is 14.1. The predicted molar refractivity (Wildman–Crippen MR) is 92.6 cm³/mol. The van der Waals surface area contributed by atoms with Crippen molar-refractivity contribution in [2.75, 3.05) is 25.0 Å². The standard InChI is InChI=1S/C18H27N3O2/c1-3-14(2)19-13-17(22)20-16-9-7-15(8-10-16)18(23)21-11-5-4-6-12-21/h7-10,14,19H,3-6,11-13H2,1-2H3,(H,20,22). The maximum absolute atomic E-state index is 12.4. The summed E-state index contributed by atoms with van der Waals surface area (Å²) in [5.41, 5.74) is 1.40. The molecule has 5 heteroatoms. The van der Waals surface area contributed by atoms with E-state index in [1.54, 1.807) is 24.3 Å². The van der Waals surface area contributed by atoms with Crippen molar-refractivity contribution in [1.29, 1.82) is 0 Å². The number of nitrogens with zero attached hydrogens (tertiary/aromatic N) is 1. The van der Waals surface area contributed by atoms with E-state index >= 15 is 0 Å². The molecule has 2 rings (SSSR count). The summed E-state index contributed by atoms with van der Waals surface area (Å²) in [5.74, 6) is 0.0152. The van der Waals surface area contributed by atoms with Gasteiger partial charge in [0, 0.05) is 30.4 Å². The Balaban J connectivity index is 1.86. The van der Waals surface area contributed by atoms with Crippen LogP contribution in [0.3, 0.4) is 0 Å². The fourth-order valence-electron chi connectivity index (χ4n) is 2.59.